The van der Waals surface area contributed by atoms with Gasteiger partial charge in [0.2, 0.25) is 0 Å². The number of carbonyl (C=O) groups is 2. The standard InChI is InChI=1S/C17H16N2O4/c20-16(23-12-13-4-2-1-3-5-13)18-14-6-8-15(9-7-14)19-10-11-22-17(19)21/h1-9H,10-12H2,(H,18,20). The Morgan fingerprint density at radius 3 is 2.52 bits per heavy atom. The Labute approximate surface area is 133 Å². The predicted molar refractivity (Wildman–Crippen MR) is 85.4 cm³/mol. The summed E-state index contributed by atoms with van der Waals surface area (Å²) < 4.78 is 10.0. The molecule has 0 atom stereocenters. The number of nitrogens with zero attached hydrogens (tertiary/aromatic N) is 1. The molecular formula is C17H16N2O4. The van der Waals surface area contributed by atoms with Gasteiger partial charge in [0.25, 0.3) is 0 Å². The van der Waals surface area contributed by atoms with Gasteiger partial charge in [0.15, 0.2) is 0 Å². The summed E-state index contributed by atoms with van der Waals surface area (Å²) in [5.74, 6) is 0. The van der Waals surface area contributed by atoms with E-state index in [4.69, 9.17) is 9.47 Å². The summed E-state index contributed by atoms with van der Waals surface area (Å²) in [5.41, 5.74) is 2.25. The molecule has 0 spiro atoms. The minimum Gasteiger partial charge on any atom is -0.447 e. The van der Waals surface area contributed by atoms with Crippen LogP contribution in [-0.4, -0.2) is 25.3 Å². The molecule has 1 saturated heterocycles. The van der Waals surface area contributed by atoms with Gasteiger partial charge in [0, 0.05) is 11.4 Å². The Bertz CT molecular complexity index is 685. The van der Waals surface area contributed by atoms with Gasteiger partial charge in [0.1, 0.15) is 13.2 Å². The van der Waals surface area contributed by atoms with Gasteiger partial charge < -0.3 is 9.47 Å². The molecule has 1 aliphatic heterocycles. The second-order valence-electron chi connectivity index (χ2n) is 5.00. The molecular weight excluding hydrogens is 296 g/mol. The summed E-state index contributed by atoms with van der Waals surface area (Å²) in [5, 5.41) is 2.65. The topological polar surface area (TPSA) is 67.9 Å². The summed E-state index contributed by atoms with van der Waals surface area (Å²) in [7, 11) is 0. The summed E-state index contributed by atoms with van der Waals surface area (Å²) >= 11 is 0. The van der Waals surface area contributed by atoms with Crippen LogP contribution in [0.15, 0.2) is 54.6 Å². The second-order valence-corrected chi connectivity index (χ2v) is 5.00. The lowest BCUT2D eigenvalue weighted by atomic mass is 10.2. The van der Waals surface area contributed by atoms with Crippen LogP contribution in [0.25, 0.3) is 0 Å². The highest BCUT2D eigenvalue weighted by atomic mass is 16.6. The molecule has 118 valence electrons. The summed E-state index contributed by atoms with van der Waals surface area (Å²) in [4.78, 5) is 24.8. The highest BCUT2D eigenvalue weighted by Crippen LogP contribution is 2.21. The second kappa shape index (κ2) is 6.83. The Kier molecular flexibility index (Phi) is 4.42. The number of amides is 2. The first-order chi connectivity index (χ1) is 11.2. The van der Waals surface area contributed by atoms with E-state index in [1.807, 2.05) is 30.3 Å². The van der Waals surface area contributed by atoms with Crippen LogP contribution in [0, 0.1) is 0 Å². The van der Waals surface area contributed by atoms with Crippen LogP contribution in [0.4, 0.5) is 21.0 Å². The summed E-state index contributed by atoms with van der Waals surface area (Å²) in [6.45, 7) is 1.14. The van der Waals surface area contributed by atoms with Crippen molar-refractivity contribution in [2.24, 2.45) is 0 Å². The number of carbonyl (C=O) groups excluding carboxylic acids is 2. The maximum Gasteiger partial charge on any atom is 0.414 e. The van der Waals surface area contributed by atoms with Gasteiger partial charge in [0.05, 0.1) is 6.54 Å². The molecule has 2 aromatic carbocycles. The van der Waals surface area contributed by atoms with Crippen molar-refractivity contribution in [3.05, 3.63) is 60.2 Å². The number of hydrogen-bond donors (Lipinski definition) is 1. The zero-order chi connectivity index (χ0) is 16.1. The lowest BCUT2D eigenvalue weighted by Crippen LogP contribution is -2.23. The molecule has 2 aromatic rings. The first-order valence-corrected chi connectivity index (χ1v) is 7.24. The quantitative estimate of drug-likeness (QED) is 0.939. The van der Waals surface area contributed by atoms with Gasteiger partial charge >= 0.3 is 12.2 Å². The number of nitrogens with one attached hydrogen (secondary N) is 1. The molecule has 1 heterocycles. The number of rotatable bonds is 4. The van der Waals surface area contributed by atoms with E-state index in [2.05, 4.69) is 5.32 Å². The van der Waals surface area contributed by atoms with Crippen molar-refractivity contribution in [3.63, 3.8) is 0 Å². The van der Waals surface area contributed by atoms with Gasteiger partial charge in [-0.25, -0.2) is 9.59 Å². The number of hydrogen-bond acceptors (Lipinski definition) is 4. The van der Waals surface area contributed by atoms with Crippen LogP contribution < -0.4 is 10.2 Å². The third-order valence-electron chi connectivity index (χ3n) is 3.40. The molecule has 1 N–H and O–H groups in total. The van der Waals surface area contributed by atoms with E-state index in [0.29, 0.717) is 18.8 Å². The largest absolute Gasteiger partial charge is 0.447 e. The molecule has 0 aliphatic carbocycles. The van der Waals surface area contributed by atoms with Gasteiger partial charge in [-0.15, -0.1) is 0 Å². The van der Waals surface area contributed by atoms with Crippen molar-refractivity contribution in [1.82, 2.24) is 0 Å². The normalized spacial score (nSPS) is 13.6. The van der Waals surface area contributed by atoms with Crippen molar-refractivity contribution in [3.8, 4) is 0 Å². The van der Waals surface area contributed by atoms with Crippen LogP contribution in [0.3, 0.4) is 0 Å². The maximum absolute atomic E-state index is 11.8. The number of anilines is 2. The van der Waals surface area contributed by atoms with E-state index < -0.39 is 6.09 Å². The van der Waals surface area contributed by atoms with Crippen LogP contribution >= 0.6 is 0 Å². The van der Waals surface area contributed by atoms with Crippen LogP contribution in [0.5, 0.6) is 0 Å². The molecule has 0 aromatic heterocycles. The fraction of sp³-hybridized carbons (Fsp3) is 0.176. The molecule has 6 heteroatoms. The molecule has 3 rings (SSSR count). The average molecular weight is 312 g/mol. The fourth-order valence-corrected chi connectivity index (χ4v) is 2.23. The van der Waals surface area contributed by atoms with E-state index in [9.17, 15) is 9.59 Å². The van der Waals surface area contributed by atoms with Crippen molar-refractivity contribution in [2.75, 3.05) is 23.4 Å². The number of benzene rings is 2. The maximum atomic E-state index is 11.8. The smallest absolute Gasteiger partial charge is 0.414 e. The Balaban J connectivity index is 1.53. The minimum absolute atomic E-state index is 0.213. The molecule has 0 saturated carbocycles. The third kappa shape index (κ3) is 3.79. The predicted octanol–water partition coefficient (Wildman–Crippen LogP) is 3.39. The highest BCUT2D eigenvalue weighted by molar-refractivity contribution is 5.90. The SMILES string of the molecule is O=C(Nc1ccc(N2CCOC2=O)cc1)OCc1ccccc1. The average Bonchev–Trinajstić information content (AvgIpc) is 3.01. The molecule has 6 nitrogen and oxygen atoms in total. The molecule has 1 aliphatic rings. The molecule has 0 radical (unpaired) electrons. The van der Waals surface area contributed by atoms with Gasteiger partial charge in [-0.1, -0.05) is 30.3 Å². The Morgan fingerprint density at radius 2 is 1.87 bits per heavy atom. The minimum atomic E-state index is -0.526. The van der Waals surface area contributed by atoms with Crippen LogP contribution in [0.2, 0.25) is 0 Å². The number of cyclic esters (lactones) is 1. The van der Waals surface area contributed by atoms with Gasteiger partial charge in [-0.2, -0.15) is 0 Å². The molecule has 2 amide bonds. The lowest BCUT2D eigenvalue weighted by Gasteiger charge is -2.13. The van der Waals surface area contributed by atoms with E-state index >= 15 is 0 Å². The van der Waals surface area contributed by atoms with E-state index in [-0.39, 0.29) is 12.7 Å². The number of ether oxygens (including phenoxy) is 2. The van der Waals surface area contributed by atoms with Gasteiger partial charge in [-0.3, -0.25) is 10.2 Å². The van der Waals surface area contributed by atoms with E-state index in [1.54, 1.807) is 24.3 Å². The lowest BCUT2D eigenvalue weighted by molar-refractivity contribution is 0.155. The van der Waals surface area contributed by atoms with Crippen molar-refractivity contribution >= 4 is 23.6 Å². The summed E-state index contributed by atoms with van der Waals surface area (Å²) in [6, 6.07) is 16.4. The Hall–Kier alpha value is -3.02. The molecule has 1 fully saturated rings. The van der Waals surface area contributed by atoms with Crippen LogP contribution in [0.1, 0.15) is 5.56 Å². The first-order valence-electron chi connectivity index (χ1n) is 7.24. The highest BCUT2D eigenvalue weighted by Gasteiger charge is 2.23. The van der Waals surface area contributed by atoms with Crippen molar-refractivity contribution in [2.45, 2.75) is 6.61 Å². The fourth-order valence-electron chi connectivity index (χ4n) is 2.23. The molecule has 0 bridgehead atoms. The zero-order valence-corrected chi connectivity index (χ0v) is 12.4. The van der Waals surface area contributed by atoms with Crippen LogP contribution in [-0.2, 0) is 16.1 Å². The molecule has 23 heavy (non-hydrogen) atoms. The summed E-state index contributed by atoms with van der Waals surface area (Å²) in [6.07, 6.45) is -0.879. The van der Waals surface area contributed by atoms with E-state index in [1.165, 1.54) is 4.90 Å². The van der Waals surface area contributed by atoms with Gasteiger partial charge in [-0.05, 0) is 29.8 Å². The first kappa shape index (κ1) is 14.9. The zero-order valence-electron chi connectivity index (χ0n) is 12.4. The Morgan fingerprint density at radius 1 is 1.13 bits per heavy atom. The monoisotopic (exact) mass is 312 g/mol. The van der Waals surface area contributed by atoms with E-state index in [0.717, 1.165) is 11.3 Å². The molecule has 0 unspecified atom stereocenters. The third-order valence-corrected chi connectivity index (χ3v) is 3.40. The van der Waals surface area contributed by atoms with Crippen molar-refractivity contribution < 1.29 is 19.1 Å². The van der Waals surface area contributed by atoms with Crippen molar-refractivity contribution in [1.29, 1.82) is 0 Å².